The van der Waals surface area contributed by atoms with Crippen LogP contribution in [-0.4, -0.2) is 23.6 Å². The summed E-state index contributed by atoms with van der Waals surface area (Å²) in [6.07, 6.45) is 4.74. The Hall–Kier alpha value is -1.62. The molecule has 0 radical (unpaired) electrons. The number of nitrogens with one attached hydrogen (secondary N) is 2. The maximum absolute atomic E-state index is 13.1. The van der Waals surface area contributed by atoms with E-state index in [0.717, 1.165) is 25.5 Å². The van der Waals surface area contributed by atoms with Gasteiger partial charge in [-0.15, -0.1) is 0 Å². The largest absolute Gasteiger partial charge is 0.505 e. The average Bonchev–Trinajstić information content (AvgIpc) is 2.42. The highest BCUT2D eigenvalue weighted by atomic mass is 19.1. The molecule has 2 rings (SSSR count). The Labute approximate surface area is 112 Å². The lowest BCUT2D eigenvalue weighted by Gasteiger charge is -2.23. The summed E-state index contributed by atoms with van der Waals surface area (Å²) >= 11 is 0. The minimum absolute atomic E-state index is 0.127. The van der Waals surface area contributed by atoms with E-state index in [9.17, 15) is 9.18 Å². The number of carbonyl (C=O) groups excluding carboxylic acids is 1. The van der Waals surface area contributed by atoms with Crippen molar-refractivity contribution in [1.82, 2.24) is 5.32 Å². The van der Waals surface area contributed by atoms with Gasteiger partial charge in [-0.05, 0) is 37.9 Å². The fraction of sp³-hybridized carbons (Fsp3) is 0.500. The fourth-order valence-electron chi connectivity index (χ4n) is 2.28. The van der Waals surface area contributed by atoms with Gasteiger partial charge in [0.2, 0.25) is 5.91 Å². The Morgan fingerprint density at radius 1 is 1.47 bits per heavy atom. The Kier molecular flexibility index (Phi) is 4.74. The Morgan fingerprint density at radius 2 is 2.32 bits per heavy atom. The SMILES string of the molecule is O=C(CCC1CCCCN1)Nc1ccc(O)c(F)c1. The van der Waals surface area contributed by atoms with Crippen molar-refractivity contribution in [3.63, 3.8) is 0 Å². The van der Waals surface area contributed by atoms with Crippen molar-refractivity contribution in [3.8, 4) is 5.75 Å². The van der Waals surface area contributed by atoms with Crippen molar-refractivity contribution in [2.24, 2.45) is 0 Å². The van der Waals surface area contributed by atoms with Gasteiger partial charge in [0.25, 0.3) is 0 Å². The molecule has 0 aliphatic carbocycles. The van der Waals surface area contributed by atoms with Crippen LogP contribution in [0.1, 0.15) is 32.1 Å². The highest BCUT2D eigenvalue weighted by molar-refractivity contribution is 5.90. The monoisotopic (exact) mass is 266 g/mol. The van der Waals surface area contributed by atoms with Crippen LogP contribution in [0.25, 0.3) is 0 Å². The van der Waals surface area contributed by atoms with Gasteiger partial charge in [-0.1, -0.05) is 6.42 Å². The third-order valence-electron chi connectivity index (χ3n) is 3.36. The van der Waals surface area contributed by atoms with Crippen LogP contribution in [0, 0.1) is 5.82 Å². The predicted molar refractivity (Wildman–Crippen MR) is 71.6 cm³/mol. The summed E-state index contributed by atoms with van der Waals surface area (Å²) in [5.41, 5.74) is 0.372. The van der Waals surface area contributed by atoms with E-state index in [0.29, 0.717) is 18.2 Å². The quantitative estimate of drug-likeness (QED) is 0.733. The van der Waals surface area contributed by atoms with Crippen LogP contribution in [0.15, 0.2) is 18.2 Å². The molecule has 4 nitrogen and oxygen atoms in total. The van der Waals surface area contributed by atoms with E-state index < -0.39 is 11.6 Å². The van der Waals surface area contributed by atoms with Gasteiger partial charge in [-0.25, -0.2) is 4.39 Å². The lowest BCUT2D eigenvalue weighted by atomic mass is 10.0. The normalized spacial score (nSPS) is 19.1. The minimum Gasteiger partial charge on any atom is -0.505 e. The molecule has 1 fully saturated rings. The summed E-state index contributed by atoms with van der Waals surface area (Å²) in [5, 5.41) is 15.1. The summed E-state index contributed by atoms with van der Waals surface area (Å²) in [7, 11) is 0. The number of amides is 1. The Morgan fingerprint density at radius 3 is 3.00 bits per heavy atom. The number of aromatic hydroxyl groups is 1. The number of phenolic OH excluding ortho intramolecular Hbond substituents is 1. The molecule has 3 N–H and O–H groups in total. The fourth-order valence-corrected chi connectivity index (χ4v) is 2.28. The highest BCUT2D eigenvalue weighted by Crippen LogP contribution is 2.20. The first-order valence-electron chi connectivity index (χ1n) is 6.67. The molecular weight excluding hydrogens is 247 g/mol. The summed E-state index contributed by atoms with van der Waals surface area (Å²) in [4.78, 5) is 11.7. The van der Waals surface area contributed by atoms with Gasteiger partial charge >= 0.3 is 0 Å². The lowest BCUT2D eigenvalue weighted by molar-refractivity contribution is -0.116. The number of benzene rings is 1. The molecular formula is C14H19FN2O2. The van der Waals surface area contributed by atoms with Crippen LogP contribution in [-0.2, 0) is 4.79 Å². The van der Waals surface area contributed by atoms with Gasteiger partial charge < -0.3 is 15.7 Å². The number of halogens is 1. The van der Waals surface area contributed by atoms with Gasteiger partial charge in [0.1, 0.15) is 0 Å². The minimum atomic E-state index is -0.730. The molecule has 0 bridgehead atoms. The van der Waals surface area contributed by atoms with Crippen molar-refractivity contribution in [2.45, 2.75) is 38.1 Å². The van der Waals surface area contributed by atoms with Crippen LogP contribution < -0.4 is 10.6 Å². The molecule has 1 aliphatic rings. The topological polar surface area (TPSA) is 61.4 Å². The van der Waals surface area contributed by atoms with Gasteiger partial charge in [0.15, 0.2) is 11.6 Å². The summed E-state index contributed by atoms with van der Waals surface area (Å²) < 4.78 is 13.1. The van der Waals surface area contributed by atoms with E-state index in [1.807, 2.05) is 0 Å². The number of hydrogen-bond donors (Lipinski definition) is 3. The molecule has 1 atom stereocenters. The van der Waals surface area contributed by atoms with Crippen LogP contribution in [0.5, 0.6) is 5.75 Å². The first-order chi connectivity index (χ1) is 9.15. The third kappa shape index (κ3) is 4.21. The molecule has 0 aromatic heterocycles. The van der Waals surface area contributed by atoms with E-state index in [1.54, 1.807) is 0 Å². The summed E-state index contributed by atoms with van der Waals surface area (Å²) in [6, 6.07) is 4.24. The maximum atomic E-state index is 13.1. The van der Waals surface area contributed by atoms with Gasteiger partial charge in [0.05, 0.1) is 0 Å². The number of piperidine rings is 1. The van der Waals surface area contributed by atoms with E-state index in [4.69, 9.17) is 5.11 Å². The van der Waals surface area contributed by atoms with E-state index in [1.165, 1.54) is 25.0 Å². The standard InChI is InChI=1S/C14H19FN2O2/c15-12-9-11(4-6-13(12)18)17-14(19)7-5-10-3-1-2-8-16-10/h4,6,9-10,16,18H,1-3,5,7-8H2,(H,17,19). The van der Waals surface area contributed by atoms with Crippen LogP contribution in [0.2, 0.25) is 0 Å². The molecule has 1 unspecified atom stereocenters. The first-order valence-corrected chi connectivity index (χ1v) is 6.67. The molecule has 1 aromatic carbocycles. The number of phenols is 1. The average molecular weight is 266 g/mol. The zero-order valence-corrected chi connectivity index (χ0v) is 10.8. The van der Waals surface area contributed by atoms with E-state index in [2.05, 4.69) is 10.6 Å². The summed E-state index contributed by atoms with van der Waals surface area (Å²) in [6.45, 7) is 1.02. The van der Waals surface area contributed by atoms with Crippen molar-refractivity contribution in [1.29, 1.82) is 0 Å². The zero-order valence-electron chi connectivity index (χ0n) is 10.8. The maximum Gasteiger partial charge on any atom is 0.224 e. The molecule has 1 aliphatic heterocycles. The lowest BCUT2D eigenvalue weighted by Crippen LogP contribution is -2.34. The van der Waals surface area contributed by atoms with Gasteiger partial charge in [-0.3, -0.25) is 4.79 Å². The second kappa shape index (κ2) is 6.52. The summed E-state index contributed by atoms with van der Waals surface area (Å²) in [5.74, 6) is -1.27. The van der Waals surface area contributed by atoms with Gasteiger partial charge in [0, 0.05) is 24.2 Å². The number of carbonyl (C=O) groups is 1. The third-order valence-corrected chi connectivity index (χ3v) is 3.36. The smallest absolute Gasteiger partial charge is 0.224 e. The van der Waals surface area contributed by atoms with Crippen molar-refractivity contribution in [2.75, 3.05) is 11.9 Å². The van der Waals surface area contributed by atoms with Crippen LogP contribution in [0.4, 0.5) is 10.1 Å². The van der Waals surface area contributed by atoms with E-state index in [-0.39, 0.29) is 5.91 Å². The molecule has 0 saturated carbocycles. The number of rotatable bonds is 4. The first kappa shape index (κ1) is 13.8. The van der Waals surface area contributed by atoms with Crippen LogP contribution in [0.3, 0.4) is 0 Å². The van der Waals surface area contributed by atoms with E-state index >= 15 is 0 Å². The molecule has 1 amide bonds. The zero-order chi connectivity index (χ0) is 13.7. The molecule has 5 heteroatoms. The predicted octanol–water partition coefficient (Wildman–Crippen LogP) is 2.39. The molecule has 104 valence electrons. The van der Waals surface area contributed by atoms with Crippen molar-refractivity contribution < 1.29 is 14.3 Å². The van der Waals surface area contributed by atoms with Gasteiger partial charge in [-0.2, -0.15) is 0 Å². The molecule has 19 heavy (non-hydrogen) atoms. The van der Waals surface area contributed by atoms with Crippen molar-refractivity contribution in [3.05, 3.63) is 24.0 Å². The molecule has 0 spiro atoms. The molecule has 1 saturated heterocycles. The Balaban J connectivity index is 1.78. The Bertz CT molecular complexity index is 445. The number of anilines is 1. The second-order valence-electron chi connectivity index (χ2n) is 4.90. The second-order valence-corrected chi connectivity index (χ2v) is 4.90. The number of hydrogen-bond acceptors (Lipinski definition) is 3. The van der Waals surface area contributed by atoms with Crippen LogP contribution >= 0.6 is 0 Å². The van der Waals surface area contributed by atoms with Crippen molar-refractivity contribution >= 4 is 11.6 Å². The highest BCUT2D eigenvalue weighted by Gasteiger charge is 2.14. The molecule has 1 aromatic rings. The molecule has 1 heterocycles.